The minimum atomic E-state index is -4.52. The highest BCUT2D eigenvalue weighted by Crippen LogP contribution is 2.38. The van der Waals surface area contributed by atoms with E-state index in [1.807, 2.05) is 0 Å². The molecule has 5 nitrogen and oxygen atoms in total. The number of hydrogen-bond donors (Lipinski definition) is 2. The van der Waals surface area contributed by atoms with Crippen LogP contribution < -0.4 is 16.4 Å². The van der Waals surface area contributed by atoms with Crippen molar-refractivity contribution in [3.8, 4) is 0 Å². The Balaban J connectivity index is 2.40. The van der Waals surface area contributed by atoms with Crippen molar-refractivity contribution >= 4 is 11.6 Å². The highest BCUT2D eigenvalue weighted by molar-refractivity contribution is 5.84. The van der Waals surface area contributed by atoms with E-state index < -0.39 is 30.1 Å². The van der Waals surface area contributed by atoms with Crippen LogP contribution in [0.1, 0.15) is 6.42 Å². The molecule has 110 valence electrons. The number of carbonyl (C=O) groups is 1. The van der Waals surface area contributed by atoms with E-state index in [9.17, 15) is 18.0 Å². The van der Waals surface area contributed by atoms with Gasteiger partial charge in [0.25, 0.3) is 0 Å². The third kappa shape index (κ3) is 2.84. The van der Waals surface area contributed by atoms with Gasteiger partial charge in [0.2, 0.25) is 5.91 Å². The lowest BCUT2D eigenvalue weighted by Gasteiger charge is -2.43. The summed E-state index contributed by atoms with van der Waals surface area (Å²) >= 11 is 0. The Hall–Kier alpha value is -1.83. The van der Waals surface area contributed by atoms with Gasteiger partial charge in [0.05, 0.1) is 5.92 Å². The molecule has 1 aliphatic rings. The smallest absolute Gasteiger partial charge is 0.368 e. The molecule has 1 aromatic heterocycles. The number of nitrogens with zero attached hydrogens (tertiary/aromatic N) is 2. The van der Waals surface area contributed by atoms with E-state index in [1.54, 1.807) is 0 Å². The van der Waals surface area contributed by atoms with E-state index in [1.165, 1.54) is 29.4 Å². The molecule has 1 amide bonds. The van der Waals surface area contributed by atoms with Gasteiger partial charge < -0.3 is 16.4 Å². The SMILES string of the molecule is NC(=O)C1C(C(F)(F)F)CC(N)CN1c1ccncc1. The molecule has 1 fully saturated rings. The van der Waals surface area contributed by atoms with Gasteiger partial charge in [-0.25, -0.2) is 0 Å². The molecule has 0 bridgehead atoms. The van der Waals surface area contributed by atoms with Gasteiger partial charge in [0.15, 0.2) is 0 Å². The van der Waals surface area contributed by atoms with Crippen molar-refractivity contribution in [3.63, 3.8) is 0 Å². The number of halogens is 3. The number of aromatic nitrogens is 1. The van der Waals surface area contributed by atoms with Crippen molar-refractivity contribution in [2.75, 3.05) is 11.4 Å². The minimum absolute atomic E-state index is 0.143. The molecule has 0 radical (unpaired) electrons. The molecular formula is C12H15F3N4O. The van der Waals surface area contributed by atoms with Crippen LogP contribution in [0.25, 0.3) is 0 Å². The number of rotatable bonds is 2. The summed E-state index contributed by atoms with van der Waals surface area (Å²) in [5, 5.41) is 0. The van der Waals surface area contributed by atoms with Crippen molar-refractivity contribution in [1.82, 2.24) is 4.98 Å². The minimum Gasteiger partial charge on any atom is -0.368 e. The Bertz CT molecular complexity index is 479. The molecule has 2 rings (SSSR count). The van der Waals surface area contributed by atoms with Crippen LogP contribution in [-0.4, -0.2) is 35.7 Å². The molecule has 0 spiro atoms. The van der Waals surface area contributed by atoms with Crippen LogP contribution in [0, 0.1) is 5.92 Å². The summed E-state index contributed by atoms with van der Waals surface area (Å²) in [5.74, 6) is -2.87. The number of alkyl halides is 3. The van der Waals surface area contributed by atoms with Crippen molar-refractivity contribution < 1.29 is 18.0 Å². The normalized spacial score (nSPS) is 27.4. The predicted octanol–water partition coefficient (Wildman–Crippen LogP) is 0.651. The van der Waals surface area contributed by atoms with Gasteiger partial charge in [0, 0.05) is 30.7 Å². The van der Waals surface area contributed by atoms with Crippen molar-refractivity contribution in [2.24, 2.45) is 17.4 Å². The van der Waals surface area contributed by atoms with Gasteiger partial charge in [0.1, 0.15) is 6.04 Å². The van der Waals surface area contributed by atoms with Gasteiger partial charge in [-0.1, -0.05) is 0 Å². The van der Waals surface area contributed by atoms with Crippen LogP contribution in [0.3, 0.4) is 0 Å². The number of primary amides is 1. The fourth-order valence-corrected chi connectivity index (χ4v) is 2.58. The second-order valence-electron chi connectivity index (χ2n) is 4.85. The Kier molecular flexibility index (Phi) is 3.85. The second-order valence-corrected chi connectivity index (χ2v) is 4.85. The lowest BCUT2D eigenvalue weighted by atomic mass is 9.85. The maximum atomic E-state index is 13.1. The summed E-state index contributed by atoms with van der Waals surface area (Å²) in [6, 6.07) is 0.936. The predicted molar refractivity (Wildman–Crippen MR) is 66.7 cm³/mol. The quantitative estimate of drug-likeness (QED) is 0.837. The zero-order valence-electron chi connectivity index (χ0n) is 10.5. The number of anilines is 1. The Morgan fingerprint density at radius 3 is 2.45 bits per heavy atom. The fourth-order valence-electron chi connectivity index (χ4n) is 2.58. The van der Waals surface area contributed by atoms with E-state index in [0.717, 1.165) is 0 Å². The van der Waals surface area contributed by atoms with E-state index >= 15 is 0 Å². The summed E-state index contributed by atoms with van der Waals surface area (Å²) in [6.45, 7) is 0.143. The van der Waals surface area contributed by atoms with Crippen molar-refractivity contribution in [3.05, 3.63) is 24.5 Å². The molecular weight excluding hydrogens is 273 g/mol. The lowest BCUT2D eigenvalue weighted by molar-refractivity contribution is -0.188. The largest absolute Gasteiger partial charge is 0.394 e. The monoisotopic (exact) mass is 288 g/mol. The zero-order chi connectivity index (χ0) is 14.9. The first-order valence-corrected chi connectivity index (χ1v) is 6.09. The number of carbonyl (C=O) groups excluding carboxylic acids is 1. The maximum absolute atomic E-state index is 13.1. The summed E-state index contributed by atoms with van der Waals surface area (Å²) in [5.41, 5.74) is 11.3. The number of pyridine rings is 1. The number of amides is 1. The maximum Gasteiger partial charge on any atom is 0.394 e. The first-order chi connectivity index (χ1) is 9.30. The fraction of sp³-hybridized carbons (Fsp3) is 0.500. The Morgan fingerprint density at radius 1 is 1.35 bits per heavy atom. The van der Waals surface area contributed by atoms with Gasteiger partial charge in [-0.2, -0.15) is 13.2 Å². The molecule has 0 aromatic carbocycles. The van der Waals surface area contributed by atoms with Crippen molar-refractivity contribution in [1.29, 1.82) is 0 Å². The molecule has 3 unspecified atom stereocenters. The van der Waals surface area contributed by atoms with E-state index in [4.69, 9.17) is 11.5 Å². The van der Waals surface area contributed by atoms with E-state index in [2.05, 4.69) is 4.98 Å². The molecule has 20 heavy (non-hydrogen) atoms. The summed E-state index contributed by atoms with van der Waals surface area (Å²) in [6.07, 6.45) is -1.95. The van der Waals surface area contributed by atoms with Crippen LogP contribution >= 0.6 is 0 Å². The molecule has 0 saturated carbocycles. The summed E-state index contributed by atoms with van der Waals surface area (Å²) in [7, 11) is 0. The molecule has 2 heterocycles. The third-order valence-corrected chi connectivity index (χ3v) is 3.41. The molecule has 4 N–H and O–H groups in total. The second kappa shape index (κ2) is 5.28. The average molecular weight is 288 g/mol. The third-order valence-electron chi connectivity index (χ3n) is 3.41. The Morgan fingerprint density at radius 2 is 1.95 bits per heavy atom. The van der Waals surface area contributed by atoms with Crippen LogP contribution in [0.2, 0.25) is 0 Å². The van der Waals surface area contributed by atoms with E-state index in [-0.39, 0.29) is 13.0 Å². The molecule has 3 atom stereocenters. The van der Waals surface area contributed by atoms with Gasteiger partial charge in [-0.3, -0.25) is 9.78 Å². The van der Waals surface area contributed by atoms with Gasteiger partial charge in [-0.15, -0.1) is 0 Å². The number of nitrogens with two attached hydrogens (primary N) is 2. The highest BCUT2D eigenvalue weighted by Gasteiger charge is 2.52. The molecule has 8 heteroatoms. The first-order valence-electron chi connectivity index (χ1n) is 6.09. The average Bonchev–Trinajstić information content (AvgIpc) is 2.37. The number of piperidine rings is 1. The summed E-state index contributed by atoms with van der Waals surface area (Å²) < 4.78 is 39.3. The molecule has 1 saturated heterocycles. The lowest BCUT2D eigenvalue weighted by Crippen LogP contribution is -2.61. The van der Waals surface area contributed by atoms with Crippen molar-refractivity contribution in [2.45, 2.75) is 24.7 Å². The van der Waals surface area contributed by atoms with Crippen LogP contribution in [-0.2, 0) is 4.79 Å². The van der Waals surface area contributed by atoms with Gasteiger partial charge in [-0.05, 0) is 18.6 Å². The molecule has 0 aliphatic carbocycles. The standard InChI is InChI=1S/C12H15F3N4O/c13-12(14,15)9-5-7(16)6-19(10(9)11(17)20)8-1-3-18-4-2-8/h1-4,7,9-10H,5-6,16H2,(H2,17,20). The van der Waals surface area contributed by atoms with Gasteiger partial charge >= 0.3 is 6.18 Å². The summed E-state index contributed by atoms with van der Waals surface area (Å²) in [4.78, 5) is 16.6. The highest BCUT2D eigenvalue weighted by atomic mass is 19.4. The van der Waals surface area contributed by atoms with Crippen LogP contribution in [0.5, 0.6) is 0 Å². The Labute approximate surface area is 113 Å². The topological polar surface area (TPSA) is 85.2 Å². The zero-order valence-corrected chi connectivity index (χ0v) is 10.5. The van der Waals surface area contributed by atoms with E-state index in [0.29, 0.717) is 5.69 Å². The van der Waals surface area contributed by atoms with Crippen LogP contribution in [0.4, 0.5) is 18.9 Å². The molecule has 1 aliphatic heterocycles. The van der Waals surface area contributed by atoms with Crippen LogP contribution in [0.15, 0.2) is 24.5 Å². The number of hydrogen-bond acceptors (Lipinski definition) is 4. The first kappa shape index (κ1) is 14.6. The molecule has 1 aromatic rings.